The van der Waals surface area contributed by atoms with Crippen molar-refractivity contribution in [1.82, 2.24) is 0 Å². The largest absolute Gasteiger partial charge is 0.397 e. The van der Waals surface area contributed by atoms with Gasteiger partial charge in [0.15, 0.2) is 5.82 Å². The molecule has 0 amide bonds. The first-order chi connectivity index (χ1) is 8.82. The van der Waals surface area contributed by atoms with E-state index in [-0.39, 0.29) is 16.8 Å². The summed E-state index contributed by atoms with van der Waals surface area (Å²) in [6, 6.07) is 1.77. The Morgan fingerprint density at radius 3 is 2.53 bits per heavy atom. The van der Waals surface area contributed by atoms with Crippen LogP contribution in [0.2, 0.25) is 5.02 Å². The first-order valence-corrected chi connectivity index (χ1v) is 7.00. The monoisotopic (exact) mass is 285 g/mol. The van der Waals surface area contributed by atoms with Crippen LogP contribution in [0.5, 0.6) is 0 Å². The average molecular weight is 286 g/mol. The standard InChI is InChI=1S/C14H21ClFN3/c1-7-4-8(2)9(3)19(6-7)14-11(18)5-10(17)12(15)13(14)16/h5,7-9H,4,6,17-18H2,1-3H3. The molecular weight excluding hydrogens is 265 g/mol. The average Bonchev–Trinajstić information content (AvgIpc) is 2.32. The van der Waals surface area contributed by atoms with E-state index < -0.39 is 5.82 Å². The number of hydrogen-bond acceptors (Lipinski definition) is 3. The van der Waals surface area contributed by atoms with E-state index in [4.69, 9.17) is 23.1 Å². The Kier molecular flexibility index (Phi) is 3.81. The molecule has 1 aliphatic heterocycles. The highest BCUT2D eigenvalue weighted by atomic mass is 35.5. The van der Waals surface area contributed by atoms with Gasteiger partial charge in [-0.25, -0.2) is 4.39 Å². The van der Waals surface area contributed by atoms with E-state index in [9.17, 15) is 4.39 Å². The highest BCUT2D eigenvalue weighted by Gasteiger charge is 2.32. The third-order valence-corrected chi connectivity index (χ3v) is 4.51. The molecule has 0 saturated carbocycles. The van der Waals surface area contributed by atoms with E-state index in [2.05, 4.69) is 20.8 Å². The van der Waals surface area contributed by atoms with Crippen molar-refractivity contribution < 1.29 is 4.39 Å². The molecule has 19 heavy (non-hydrogen) atoms. The zero-order chi connectivity index (χ0) is 14.3. The molecule has 0 aliphatic carbocycles. The molecule has 2 rings (SSSR count). The van der Waals surface area contributed by atoms with Crippen molar-refractivity contribution in [1.29, 1.82) is 0 Å². The Morgan fingerprint density at radius 1 is 1.26 bits per heavy atom. The van der Waals surface area contributed by atoms with Gasteiger partial charge >= 0.3 is 0 Å². The number of benzene rings is 1. The molecule has 1 fully saturated rings. The fourth-order valence-corrected chi connectivity index (χ4v) is 3.10. The first kappa shape index (κ1) is 14.3. The van der Waals surface area contributed by atoms with Crippen LogP contribution in [0.1, 0.15) is 27.2 Å². The number of halogens is 2. The minimum absolute atomic E-state index is 0.0396. The van der Waals surface area contributed by atoms with Crippen molar-refractivity contribution in [2.45, 2.75) is 33.2 Å². The lowest BCUT2D eigenvalue weighted by atomic mass is 9.85. The van der Waals surface area contributed by atoms with Crippen molar-refractivity contribution >= 4 is 28.7 Å². The molecule has 0 radical (unpaired) electrons. The summed E-state index contributed by atoms with van der Waals surface area (Å²) in [5.74, 6) is 0.479. The Hall–Kier alpha value is -1.16. The molecule has 3 atom stereocenters. The van der Waals surface area contributed by atoms with Crippen LogP contribution in [0.25, 0.3) is 0 Å². The van der Waals surface area contributed by atoms with E-state index in [0.29, 0.717) is 23.2 Å². The molecule has 3 unspecified atom stereocenters. The van der Waals surface area contributed by atoms with Crippen LogP contribution in [0, 0.1) is 17.7 Å². The van der Waals surface area contributed by atoms with Gasteiger partial charge < -0.3 is 16.4 Å². The van der Waals surface area contributed by atoms with E-state index in [1.165, 1.54) is 6.07 Å². The van der Waals surface area contributed by atoms with Gasteiger partial charge in [-0.05, 0) is 31.2 Å². The Balaban J connectivity index is 2.49. The summed E-state index contributed by atoms with van der Waals surface area (Å²) >= 11 is 5.91. The van der Waals surface area contributed by atoms with Gasteiger partial charge in [0.2, 0.25) is 0 Å². The number of anilines is 3. The molecule has 0 aromatic heterocycles. The maximum absolute atomic E-state index is 14.4. The van der Waals surface area contributed by atoms with Crippen molar-refractivity contribution in [3.05, 3.63) is 16.9 Å². The van der Waals surface area contributed by atoms with E-state index >= 15 is 0 Å². The van der Waals surface area contributed by atoms with Crippen molar-refractivity contribution in [3.8, 4) is 0 Å². The van der Waals surface area contributed by atoms with Gasteiger partial charge in [0.05, 0.1) is 17.1 Å². The lowest BCUT2D eigenvalue weighted by Crippen LogP contribution is -2.46. The molecule has 1 aromatic carbocycles. The van der Waals surface area contributed by atoms with Gasteiger partial charge in [-0.2, -0.15) is 0 Å². The minimum atomic E-state index is -0.507. The fourth-order valence-electron chi connectivity index (χ4n) is 2.96. The molecule has 4 N–H and O–H groups in total. The van der Waals surface area contributed by atoms with E-state index in [0.717, 1.165) is 13.0 Å². The van der Waals surface area contributed by atoms with Crippen LogP contribution in [0.15, 0.2) is 6.07 Å². The number of nitrogens with zero attached hydrogens (tertiary/aromatic N) is 1. The molecule has 5 heteroatoms. The quantitative estimate of drug-likeness (QED) is 0.776. The summed E-state index contributed by atoms with van der Waals surface area (Å²) in [7, 11) is 0. The summed E-state index contributed by atoms with van der Waals surface area (Å²) in [6.07, 6.45) is 1.14. The van der Waals surface area contributed by atoms with Gasteiger partial charge in [-0.1, -0.05) is 25.4 Å². The summed E-state index contributed by atoms with van der Waals surface area (Å²) in [4.78, 5) is 2.02. The summed E-state index contributed by atoms with van der Waals surface area (Å²) in [5.41, 5.74) is 12.5. The third-order valence-electron chi connectivity index (χ3n) is 4.12. The van der Waals surface area contributed by atoms with Crippen molar-refractivity contribution in [2.75, 3.05) is 22.9 Å². The highest BCUT2D eigenvalue weighted by Crippen LogP contribution is 2.40. The molecule has 106 valence electrons. The number of hydrogen-bond donors (Lipinski definition) is 2. The van der Waals surface area contributed by atoms with Crippen LogP contribution >= 0.6 is 11.6 Å². The predicted molar refractivity (Wildman–Crippen MR) is 80.0 cm³/mol. The minimum Gasteiger partial charge on any atom is -0.397 e. The number of piperidine rings is 1. The lowest BCUT2D eigenvalue weighted by molar-refractivity contribution is 0.295. The topological polar surface area (TPSA) is 55.3 Å². The van der Waals surface area contributed by atoms with Crippen molar-refractivity contribution in [3.63, 3.8) is 0 Å². The molecule has 1 aliphatic rings. The molecule has 1 aromatic rings. The van der Waals surface area contributed by atoms with Crippen LogP contribution in [0.3, 0.4) is 0 Å². The third kappa shape index (κ3) is 2.46. The number of nitrogens with two attached hydrogens (primary N) is 2. The zero-order valence-electron chi connectivity index (χ0n) is 11.6. The molecular formula is C14H21ClFN3. The highest BCUT2D eigenvalue weighted by molar-refractivity contribution is 6.33. The summed E-state index contributed by atoms with van der Waals surface area (Å²) in [5, 5.41) is -0.0396. The van der Waals surface area contributed by atoms with E-state index in [1.54, 1.807) is 0 Å². The smallest absolute Gasteiger partial charge is 0.169 e. The number of rotatable bonds is 1. The van der Waals surface area contributed by atoms with E-state index in [1.807, 2.05) is 4.90 Å². The maximum Gasteiger partial charge on any atom is 0.169 e. The maximum atomic E-state index is 14.4. The van der Waals surface area contributed by atoms with Gasteiger partial charge in [0.25, 0.3) is 0 Å². The zero-order valence-corrected chi connectivity index (χ0v) is 12.3. The Labute approximate surface area is 118 Å². The fraction of sp³-hybridized carbons (Fsp3) is 0.571. The van der Waals surface area contributed by atoms with Gasteiger partial charge in [-0.15, -0.1) is 0 Å². The van der Waals surface area contributed by atoms with Crippen molar-refractivity contribution in [2.24, 2.45) is 11.8 Å². The Bertz CT molecular complexity index is 492. The number of nitrogen functional groups attached to an aromatic ring is 2. The predicted octanol–water partition coefficient (Wildman–Crippen LogP) is 3.51. The van der Waals surface area contributed by atoms with Crippen LogP contribution in [-0.4, -0.2) is 12.6 Å². The van der Waals surface area contributed by atoms with Crippen LogP contribution in [0.4, 0.5) is 21.5 Å². The second kappa shape index (κ2) is 5.08. The molecule has 0 spiro atoms. The SMILES string of the molecule is CC1CC(C)C(C)N(c2c(N)cc(N)c(Cl)c2F)C1. The van der Waals surface area contributed by atoms with Gasteiger partial charge in [0.1, 0.15) is 5.02 Å². The molecule has 1 saturated heterocycles. The normalized spacial score (nSPS) is 27.6. The summed E-state index contributed by atoms with van der Waals surface area (Å²) < 4.78 is 14.4. The van der Waals surface area contributed by atoms with Crippen LogP contribution in [-0.2, 0) is 0 Å². The molecule has 1 heterocycles. The molecule has 3 nitrogen and oxygen atoms in total. The summed E-state index contributed by atoms with van der Waals surface area (Å²) in [6.45, 7) is 7.23. The van der Waals surface area contributed by atoms with Crippen LogP contribution < -0.4 is 16.4 Å². The molecule has 0 bridgehead atoms. The lowest BCUT2D eigenvalue weighted by Gasteiger charge is -2.43. The van der Waals surface area contributed by atoms with Gasteiger partial charge in [-0.3, -0.25) is 0 Å². The Morgan fingerprint density at radius 2 is 1.89 bits per heavy atom. The second-order valence-electron chi connectivity index (χ2n) is 5.74. The second-order valence-corrected chi connectivity index (χ2v) is 6.12. The first-order valence-electron chi connectivity index (χ1n) is 6.62. The van der Waals surface area contributed by atoms with Gasteiger partial charge in [0, 0.05) is 12.6 Å².